The summed E-state index contributed by atoms with van der Waals surface area (Å²) in [5.74, 6) is 0. The summed E-state index contributed by atoms with van der Waals surface area (Å²) in [6.07, 6.45) is 8.61. The van der Waals surface area contributed by atoms with Crippen LogP contribution in [0.4, 0.5) is 0 Å². The van der Waals surface area contributed by atoms with Gasteiger partial charge in [-0.25, -0.2) is 0 Å². The van der Waals surface area contributed by atoms with E-state index in [4.69, 9.17) is 0 Å². The lowest BCUT2D eigenvalue weighted by molar-refractivity contribution is -0.00342. The van der Waals surface area contributed by atoms with Crippen molar-refractivity contribution in [3.63, 3.8) is 0 Å². The standard InChI is InChI=1S/C18H28O2/c1-2-17(19)14-16-8-6-7-15(13-16)9-12-18(20)10-4-3-5-11-18/h6-8,13,17,19-20H,2-5,9-12,14H2,1H3. The van der Waals surface area contributed by atoms with E-state index in [0.29, 0.717) is 0 Å². The van der Waals surface area contributed by atoms with E-state index in [1.165, 1.54) is 30.4 Å². The third kappa shape index (κ3) is 4.60. The van der Waals surface area contributed by atoms with Crippen LogP contribution in [-0.4, -0.2) is 21.9 Å². The Morgan fingerprint density at radius 1 is 1.15 bits per heavy atom. The third-order valence-electron chi connectivity index (χ3n) is 4.60. The Morgan fingerprint density at radius 2 is 1.85 bits per heavy atom. The number of aliphatic hydroxyl groups excluding tert-OH is 1. The van der Waals surface area contributed by atoms with E-state index in [-0.39, 0.29) is 6.10 Å². The number of rotatable bonds is 6. The molecule has 1 fully saturated rings. The van der Waals surface area contributed by atoms with Gasteiger partial charge >= 0.3 is 0 Å². The average molecular weight is 276 g/mol. The molecule has 1 aliphatic rings. The minimum atomic E-state index is -0.433. The Bertz CT molecular complexity index is 408. The van der Waals surface area contributed by atoms with Gasteiger partial charge in [0.05, 0.1) is 11.7 Å². The van der Waals surface area contributed by atoms with E-state index in [0.717, 1.165) is 38.5 Å². The maximum absolute atomic E-state index is 10.5. The fraction of sp³-hybridized carbons (Fsp3) is 0.667. The predicted molar refractivity (Wildman–Crippen MR) is 82.8 cm³/mol. The summed E-state index contributed by atoms with van der Waals surface area (Å²) >= 11 is 0. The summed E-state index contributed by atoms with van der Waals surface area (Å²) in [5.41, 5.74) is 2.05. The van der Waals surface area contributed by atoms with Crippen LogP contribution in [0.15, 0.2) is 24.3 Å². The van der Waals surface area contributed by atoms with Crippen LogP contribution in [0.25, 0.3) is 0 Å². The van der Waals surface area contributed by atoms with Crippen LogP contribution < -0.4 is 0 Å². The molecular weight excluding hydrogens is 248 g/mol. The molecule has 0 amide bonds. The van der Waals surface area contributed by atoms with Crippen molar-refractivity contribution < 1.29 is 10.2 Å². The molecule has 1 unspecified atom stereocenters. The third-order valence-corrected chi connectivity index (χ3v) is 4.60. The molecule has 0 heterocycles. The summed E-state index contributed by atoms with van der Waals surface area (Å²) in [6.45, 7) is 2.01. The second kappa shape index (κ2) is 7.24. The molecule has 0 aliphatic heterocycles. The largest absolute Gasteiger partial charge is 0.393 e. The zero-order valence-corrected chi connectivity index (χ0v) is 12.6. The number of hydrogen-bond donors (Lipinski definition) is 2. The lowest BCUT2D eigenvalue weighted by atomic mass is 9.81. The van der Waals surface area contributed by atoms with Crippen molar-refractivity contribution in [3.05, 3.63) is 35.4 Å². The molecule has 2 N–H and O–H groups in total. The topological polar surface area (TPSA) is 40.5 Å². The van der Waals surface area contributed by atoms with Crippen LogP contribution >= 0.6 is 0 Å². The van der Waals surface area contributed by atoms with E-state index in [1.807, 2.05) is 6.92 Å². The number of aliphatic hydroxyl groups is 2. The Kier molecular flexibility index (Phi) is 5.62. The van der Waals surface area contributed by atoms with Crippen molar-refractivity contribution in [3.8, 4) is 0 Å². The maximum Gasteiger partial charge on any atom is 0.0651 e. The molecular formula is C18H28O2. The van der Waals surface area contributed by atoms with Crippen molar-refractivity contribution in [2.75, 3.05) is 0 Å². The van der Waals surface area contributed by atoms with E-state index < -0.39 is 5.60 Å². The van der Waals surface area contributed by atoms with Gasteiger partial charge in [-0.1, -0.05) is 50.5 Å². The molecule has 1 atom stereocenters. The second-order valence-electron chi connectivity index (χ2n) is 6.37. The molecule has 112 valence electrons. The zero-order chi connectivity index (χ0) is 14.4. The van der Waals surface area contributed by atoms with Crippen LogP contribution in [0.2, 0.25) is 0 Å². The average Bonchev–Trinajstić information content (AvgIpc) is 2.46. The Morgan fingerprint density at radius 3 is 2.55 bits per heavy atom. The first-order valence-electron chi connectivity index (χ1n) is 8.09. The van der Waals surface area contributed by atoms with Gasteiger partial charge in [-0.05, 0) is 49.7 Å². The Labute approximate surface area is 122 Å². The normalized spacial score (nSPS) is 19.8. The molecule has 0 radical (unpaired) electrons. The van der Waals surface area contributed by atoms with Crippen LogP contribution in [0.3, 0.4) is 0 Å². The van der Waals surface area contributed by atoms with E-state index >= 15 is 0 Å². The van der Waals surface area contributed by atoms with Gasteiger partial charge in [-0.2, -0.15) is 0 Å². The fourth-order valence-electron chi connectivity index (χ4n) is 3.17. The lowest BCUT2D eigenvalue weighted by Gasteiger charge is -2.32. The molecule has 0 saturated heterocycles. The smallest absolute Gasteiger partial charge is 0.0651 e. The van der Waals surface area contributed by atoms with Crippen LogP contribution in [0.1, 0.15) is 63.0 Å². The first-order chi connectivity index (χ1) is 9.61. The minimum absolute atomic E-state index is 0.243. The molecule has 2 heteroatoms. The highest BCUT2D eigenvalue weighted by atomic mass is 16.3. The van der Waals surface area contributed by atoms with Gasteiger partial charge < -0.3 is 10.2 Å². The van der Waals surface area contributed by atoms with Crippen LogP contribution in [-0.2, 0) is 12.8 Å². The second-order valence-corrected chi connectivity index (χ2v) is 6.37. The maximum atomic E-state index is 10.5. The van der Waals surface area contributed by atoms with Gasteiger partial charge in [0, 0.05) is 0 Å². The van der Waals surface area contributed by atoms with Crippen LogP contribution in [0.5, 0.6) is 0 Å². The van der Waals surface area contributed by atoms with Gasteiger partial charge in [0.15, 0.2) is 0 Å². The SMILES string of the molecule is CCC(O)Cc1cccc(CCC2(O)CCCCC2)c1. The summed E-state index contributed by atoms with van der Waals surface area (Å²) in [4.78, 5) is 0. The monoisotopic (exact) mass is 276 g/mol. The van der Waals surface area contributed by atoms with Gasteiger partial charge in [-0.15, -0.1) is 0 Å². The van der Waals surface area contributed by atoms with Crippen LogP contribution in [0, 0.1) is 0 Å². The molecule has 20 heavy (non-hydrogen) atoms. The first kappa shape index (κ1) is 15.5. The van der Waals surface area contributed by atoms with Gasteiger partial charge in [0.1, 0.15) is 0 Å². The van der Waals surface area contributed by atoms with Crippen molar-refractivity contribution in [2.24, 2.45) is 0 Å². The summed E-state index contributed by atoms with van der Waals surface area (Å²) in [5, 5.41) is 20.3. The number of hydrogen-bond acceptors (Lipinski definition) is 2. The summed E-state index contributed by atoms with van der Waals surface area (Å²) < 4.78 is 0. The first-order valence-corrected chi connectivity index (χ1v) is 8.09. The van der Waals surface area contributed by atoms with Crippen molar-refractivity contribution >= 4 is 0 Å². The number of aryl methyl sites for hydroxylation is 1. The molecule has 1 aromatic carbocycles. The molecule has 0 spiro atoms. The van der Waals surface area contributed by atoms with Crippen molar-refractivity contribution in [2.45, 2.75) is 76.4 Å². The molecule has 0 aromatic heterocycles. The quantitative estimate of drug-likeness (QED) is 0.833. The molecule has 1 aliphatic carbocycles. The van der Waals surface area contributed by atoms with Crippen molar-refractivity contribution in [1.29, 1.82) is 0 Å². The van der Waals surface area contributed by atoms with E-state index in [2.05, 4.69) is 24.3 Å². The highest BCUT2D eigenvalue weighted by Gasteiger charge is 2.28. The summed E-state index contributed by atoms with van der Waals surface area (Å²) in [7, 11) is 0. The summed E-state index contributed by atoms with van der Waals surface area (Å²) in [6, 6.07) is 8.47. The predicted octanol–water partition coefficient (Wildman–Crippen LogP) is 3.63. The Hall–Kier alpha value is -0.860. The lowest BCUT2D eigenvalue weighted by Crippen LogP contribution is -2.31. The molecule has 0 bridgehead atoms. The molecule has 2 nitrogen and oxygen atoms in total. The molecule has 2 rings (SSSR count). The number of benzene rings is 1. The minimum Gasteiger partial charge on any atom is -0.393 e. The zero-order valence-electron chi connectivity index (χ0n) is 12.6. The van der Waals surface area contributed by atoms with Crippen molar-refractivity contribution in [1.82, 2.24) is 0 Å². The van der Waals surface area contributed by atoms with E-state index in [9.17, 15) is 10.2 Å². The van der Waals surface area contributed by atoms with Gasteiger partial charge in [0.2, 0.25) is 0 Å². The van der Waals surface area contributed by atoms with E-state index in [1.54, 1.807) is 0 Å². The Balaban J connectivity index is 1.90. The highest BCUT2D eigenvalue weighted by molar-refractivity contribution is 5.24. The van der Waals surface area contributed by atoms with Gasteiger partial charge in [-0.3, -0.25) is 0 Å². The highest BCUT2D eigenvalue weighted by Crippen LogP contribution is 2.31. The molecule has 1 aromatic rings. The fourth-order valence-corrected chi connectivity index (χ4v) is 3.17. The molecule has 1 saturated carbocycles. The van der Waals surface area contributed by atoms with Gasteiger partial charge in [0.25, 0.3) is 0 Å².